The molecule has 1 fully saturated rings. The monoisotopic (exact) mass is 492 g/mol. The number of benzene rings is 2. The number of aliphatic carboxylic acids is 2. The highest BCUT2D eigenvalue weighted by Gasteiger charge is 2.35. The molecule has 1 saturated carbocycles. The number of allylic oxidation sites excluding steroid dienone is 2. The van der Waals surface area contributed by atoms with Crippen molar-refractivity contribution < 1.29 is 30.0 Å². The number of hydrogen-bond donors (Lipinski definition) is 4. The number of phenols is 2. The predicted octanol–water partition coefficient (Wildman–Crippen LogP) is 6.38. The van der Waals surface area contributed by atoms with Crippen molar-refractivity contribution >= 4 is 11.9 Å². The Hall–Kier alpha value is -3.54. The van der Waals surface area contributed by atoms with Crippen LogP contribution in [0, 0.1) is 19.3 Å². The van der Waals surface area contributed by atoms with E-state index in [0.29, 0.717) is 17.4 Å². The molecule has 36 heavy (non-hydrogen) atoms. The Bertz CT molecular complexity index is 1180. The van der Waals surface area contributed by atoms with Crippen molar-refractivity contribution in [1.82, 2.24) is 0 Å². The van der Waals surface area contributed by atoms with E-state index in [2.05, 4.69) is 32.0 Å². The Labute approximate surface area is 212 Å². The van der Waals surface area contributed by atoms with Crippen LogP contribution in [0.25, 0.3) is 0 Å². The Morgan fingerprint density at radius 1 is 0.889 bits per heavy atom. The van der Waals surface area contributed by atoms with Crippen molar-refractivity contribution in [2.45, 2.75) is 71.1 Å². The lowest BCUT2D eigenvalue weighted by Gasteiger charge is -2.38. The van der Waals surface area contributed by atoms with E-state index in [9.17, 15) is 19.8 Å². The molecule has 0 aliphatic heterocycles. The summed E-state index contributed by atoms with van der Waals surface area (Å²) in [6.45, 7) is 7.96. The summed E-state index contributed by atoms with van der Waals surface area (Å²) < 4.78 is 0. The fourth-order valence-corrected chi connectivity index (χ4v) is 5.17. The molecule has 0 saturated heterocycles. The van der Waals surface area contributed by atoms with Crippen LogP contribution in [0.4, 0.5) is 0 Å². The third-order valence-electron chi connectivity index (χ3n) is 7.98. The van der Waals surface area contributed by atoms with Crippen LogP contribution in [0.5, 0.6) is 11.5 Å². The van der Waals surface area contributed by atoms with E-state index in [1.165, 1.54) is 54.7 Å². The molecule has 2 aliphatic carbocycles. The van der Waals surface area contributed by atoms with E-state index in [-0.39, 0.29) is 17.4 Å². The average molecular weight is 493 g/mol. The van der Waals surface area contributed by atoms with Gasteiger partial charge in [0.15, 0.2) is 0 Å². The summed E-state index contributed by atoms with van der Waals surface area (Å²) in [5.41, 5.74) is 4.22. The molecule has 0 bridgehead atoms. The zero-order chi connectivity index (χ0) is 26.7. The van der Waals surface area contributed by atoms with Crippen molar-refractivity contribution in [1.29, 1.82) is 0 Å². The normalized spacial score (nSPS) is 25.3. The highest BCUT2D eigenvalue weighted by atomic mass is 16.4. The molecule has 2 aliphatic rings. The minimum Gasteiger partial charge on any atom is -0.508 e. The molecule has 4 N–H and O–H groups in total. The van der Waals surface area contributed by atoms with E-state index < -0.39 is 17.4 Å². The molecule has 0 aromatic heterocycles. The molecule has 192 valence electrons. The van der Waals surface area contributed by atoms with Gasteiger partial charge in [-0.1, -0.05) is 43.4 Å². The molecule has 1 unspecified atom stereocenters. The molecule has 6 heteroatoms. The first kappa shape index (κ1) is 27.1. The summed E-state index contributed by atoms with van der Waals surface area (Å²) >= 11 is 0. The maximum absolute atomic E-state index is 10.8. The van der Waals surface area contributed by atoms with Gasteiger partial charge in [-0.3, -0.25) is 4.79 Å². The minimum atomic E-state index is -1.08. The first-order chi connectivity index (χ1) is 16.9. The van der Waals surface area contributed by atoms with Crippen molar-refractivity contribution in [3.8, 4) is 11.5 Å². The second-order valence-corrected chi connectivity index (χ2v) is 10.6. The van der Waals surface area contributed by atoms with Crippen LogP contribution < -0.4 is 0 Å². The van der Waals surface area contributed by atoms with E-state index in [4.69, 9.17) is 10.2 Å². The number of phenolic OH excluding ortho intramolecular Hbond substituents is 2. The smallest absolute Gasteiger partial charge is 0.331 e. The highest BCUT2D eigenvalue weighted by molar-refractivity contribution is 5.90. The van der Waals surface area contributed by atoms with Gasteiger partial charge in [0.05, 0.1) is 5.41 Å². The fourth-order valence-electron chi connectivity index (χ4n) is 5.17. The minimum absolute atomic E-state index is 0.0359. The lowest BCUT2D eigenvalue weighted by molar-refractivity contribution is -0.145. The van der Waals surface area contributed by atoms with Crippen LogP contribution >= 0.6 is 0 Å². The molecule has 0 amide bonds. The summed E-state index contributed by atoms with van der Waals surface area (Å²) in [6, 6.07) is 11.6. The van der Waals surface area contributed by atoms with Gasteiger partial charge in [0.2, 0.25) is 0 Å². The van der Waals surface area contributed by atoms with Gasteiger partial charge < -0.3 is 20.4 Å². The van der Waals surface area contributed by atoms with Gasteiger partial charge in [-0.05, 0) is 105 Å². The average Bonchev–Trinajstić information content (AvgIpc) is 2.84. The van der Waals surface area contributed by atoms with Crippen LogP contribution in [0.3, 0.4) is 0 Å². The SMILES string of the molecule is CC1(C(=O)O)C=CC=C(C(=O)O)C1.Cc1c(O)ccc(C2CCC(C)(c3ccc(O)cc3)CC2)c1C. The molecular formula is C30H36O6. The summed E-state index contributed by atoms with van der Waals surface area (Å²) in [5.74, 6) is -0.746. The first-order valence-corrected chi connectivity index (χ1v) is 12.3. The number of carbonyl (C=O) groups is 2. The van der Waals surface area contributed by atoms with E-state index in [0.717, 1.165) is 18.4 Å². The van der Waals surface area contributed by atoms with Crippen molar-refractivity contribution in [3.63, 3.8) is 0 Å². The van der Waals surface area contributed by atoms with Gasteiger partial charge in [0.25, 0.3) is 0 Å². The third kappa shape index (κ3) is 5.81. The zero-order valence-corrected chi connectivity index (χ0v) is 21.4. The molecule has 6 nitrogen and oxygen atoms in total. The zero-order valence-electron chi connectivity index (χ0n) is 21.4. The van der Waals surface area contributed by atoms with Gasteiger partial charge in [-0.15, -0.1) is 0 Å². The van der Waals surface area contributed by atoms with Gasteiger partial charge >= 0.3 is 11.9 Å². The molecule has 1 atom stereocenters. The molecule has 0 spiro atoms. The number of hydrogen-bond acceptors (Lipinski definition) is 4. The standard InChI is InChI=1S/C21H26O2.C9H10O4/c1-14-15(2)20(23)9-8-19(14)16-10-12-21(3,13-11-16)17-4-6-18(22)7-5-17;1-9(8(12)13)4-2-3-6(5-9)7(10)11/h4-9,16,22-23H,10-13H2,1-3H3;2-4H,5H2,1H3,(H,10,11)(H,12,13). The topological polar surface area (TPSA) is 115 Å². The Kier molecular flexibility index (Phi) is 7.97. The van der Waals surface area contributed by atoms with Crippen LogP contribution in [-0.2, 0) is 15.0 Å². The molecule has 4 rings (SSSR count). The fraction of sp³-hybridized carbons (Fsp3) is 0.400. The van der Waals surface area contributed by atoms with Crippen LogP contribution in [-0.4, -0.2) is 32.4 Å². The molecule has 0 radical (unpaired) electrons. The van der Waals surface area contributed by atoms with Crippen LogP contribution in [0.1, 0.15) is 74.1 Å². The molecule has 2 aromatic rings. The quantitative estimate of drug-likeness (QED) is 0.394. The molecular weight excluding hydrogens is 456 g/mol. The van der Waals surface area contributed by atoms with Gasteiger partial charge in [-0.25, -0.2) is 4.79 Å². The highest BCUT2D eigenvalue weighted by Crippen LogP contribution is 2.46. The van der Waals surface area contributed by atoms with Crippen molar-refractivity contribution in [2.24, 2.45) is 5.41 Å². The molecule has 0 heterocycles. The predicted molar refractivity (Wildman–Crippen MR) is 139 cm³/mol. The summed E-state index contributed by atoms with van der Waals surface area (Å²) in [7, 11) is 0. The maximum Gasteiger partial charge on any atom is 0.331 e. The molecule has 2 aromatic carbocycles. The maximum atomic E-state index is 10.8. The summed E-state index contributed by atoms with van der Waals surface area (Å²) in [6.07, 6.45) is 9.08. The van der Waals surface area contributed by atoms with Gasteiger partial charge in [-0.2, -0.15) is 0 Å². The largest absolute Gasteiger partial charge is 0.508 e. The van der Waals surface area contributed by atoms with Crippen molar-refractivity contribution in [2.75, 3.05) is 0 Å². The van der Waals surface area contributed by atoms with E-state index >= 15 is 0 Å². The number of carboxylic acids is 2. The lowest BCUT2D eigenvalue weighted by atomic mass is 9.66. The summed E-state index contributed by atoms with van der Waals surface area (Å²) in [4.78, 5) is 21.3. The Morgan fingerprint density at radius 2 is 1.50 bits per heavy atom. The number of carboxylic acid groups (broad SMARTS) is 2. The first-order valence-electron chi connectivity index (χ1n) is 12.3. The second-order valence-electron chi connectivity index (χ2n) is 10.6. The van der Waals surface area contributed by atoms with E-state index in [1.807, 2.05) is 13.0 Å². The van der Waals surface area contributed by atoms with Crippen LogP contribution in [0.15, 0.2) is 60.2 Å². The Morgan fingerprint density at radius 3 is 2.06 bits per heavy atom. The van der Waals surface area contributed by atoms with Crippen molar-refractivity contribution in [3.05, 3.63) is 82.5 Å². The van der Waals surface area contributed by atoms with Gasteiger partial charge in [0.1, 0.15) is 11.5 Å². The van der Waals surface area contributed by atoms with Gasteiger partial charge in [0, 0.05) is 5.57 Å². The third-order valence-corrected chi connectivity index (χ3v) is 7.98. The second kappa shape index (κ2) is 10.6. The summed E-state index contributed by atoms with van der Waals surface area (Å²) in [5, 5.41) is 36.8. The Balaban J connectivity index is 0.000000236. The van der Waals surface area contributed by atoms with Crippen LogP contribution in [0.2, 0.25) is 0 Å². The number of rotatable bonds is 4. The number of aromatic hydroxyl groups is 2. The van der Waals surface area contributed by atoms with E-state index in [1.54, 1.807) is 12.1 Å². The lowest BCUT2D eigenvalue weighted by Crippen LogP contribution is -2.28.